The number of aromatic nitrogens is 2. The van der Waals surface area contributed by atoms with Crippen molar-refractivity contribution >= 4 is 23.3 Å². The lowest BCUT2D eigenvalue weighted by Crippen LogP contribution is -2.30. The minimum Gasteiger partial charge on any atom is -0.490 e. The monoisotopic (exact) mass is 487 g/mol. The second-order valence-corrected chi connectivity index (χ2v) is 8.32. The van der Waals surface area contributed by atoms with Gasteiger partial charge in [0.1, 0.15) is 5.75 Å². The molecule has 1 amide bonds. The summed E-state index contributed by atoms with van der Waals surface area (Å²) in [7, 11) is 0. The molecule has 2 aromatic carbocycles. The van der Waals surface area contributed by atoms with Gasteiger partial charge in [0.25, 0.3) is 5.91 Å². The van der Waals surface area contributed by atoms with Crippen molar-refractivity contribution < 1.29 is 23.6 Å². The van der Waals surface area contributed by atoms with E-state index in [-0.39, 0.29) is 5.82 Å². The predicted octanol–water partition coefficient (Wildman–Crippen LogP) is 5.99. The van der Waals surface area contributed by atoms with Gasteiger partial charge in [-0.2, -0.15) is 0 Å². The van der Waals surface area contributed by atoms with Crippen molar-refractivity contribution in [2.45, 2.75) is 53.6 Å². The number of halogens is 1. The highest BCUT2D eigenvalue weighted by atomic mass is 35.5. The van der Waals surface area contributed by atoms with E-state index in [1.54, 1.807) is 25.1 Å². The molecule has 0 aliphatic rings. The Kier molecular flexibility index (Phi) is 8.76. The predicted molar refractivity (Wildman–Crippen MR) is 131 cm³/mol. The van der Waals surface area contributed by atoms with E-state index in [1.807, 2.05) is 39.8 Å². The maximum absolute atomic E-state index is 12.8. The molecule has 3 aromatic rings. The fourth-order valence-electron chi connectivity index (χ4n) is 3.22. The molecule has 0 radical (unpaired) electrons. The zero-order valence-electron chi connectivity index (χ0n) is 20.1. The Hall–Kier alpha value is -3.26. The van der Waals surface area contributed by atoms with E-state index in [9.17, 15) is 4.79 Å². The molecule has 0 saturated heterocycles. The molecule has 1 heterocycles. The number of nitrogens with one attached hydrogen (secondary N) is 1. The summed E-state index contributed by atoms with van der Waals surface area (Å²) >= 11 is 6.22. The normalized spacial score (nSPS) is 11.7. The van der Waals surface area contributed by atoms with Gasteiger partial charge in [0, 0.05) is 10.6 Å². The first-order valence-electron chi connectivity index (χ1n) is 11.3. The van der Waals surface area contributed by atoms with E-state index in [0.29, 0.717) is 46.7 Å². The Morgan fingerprint density at radius 3 is 2.32 bits per heavy atom. The van der Waals surface area contributed by atoms with Crippen LogP contribution in [0.2, 0.25) is 5.02 Å². The molecule has 9 heteroatoms. The van der Waals surface area contributed by atoms with Crippen molar-refractivity contribution in [2.24, 2.45) is 0 Å². The Bertz CT molecular complexity index is 1110. The van der Waals surface area contributed by atoms with Crippen LogP contribution in [-0.4, -0.2) is 35.5 Å². The first-order chi connectivity index (χ1) is 16.3. The van der Waals surface area contributed by atoms with Crippen molar-refractivity contribution in [2.75, 3.05) is 18.5 Å². The summed E-state index contributed by atoms with van der Waals surface area (Å²) in [6.45, 7) is 10.6. The van der Waals surface area contributed by atoms with Crippen LogP contribution < -0.4 is 19.5 Å². The highest BCUT2D eigenvalue weighted by Crippen LogP contribution is 2.35. The first-order valence-corrected chi connectivity index (χ1v) is 11.7. The molecule has 1 aromatic heterocycles. The second-order valence-electron chi connectivity index (χ2n) is 7.94. The molecule has 3 rings (SSSR count). The summed E-state index contributed by atoms with van der Waals surface area (Å²) in [5.74, 6) is 1.59. The number of nitrogens with zero attached hydrogens (tertiary/aromatic N) is 2. The van der Waals surface area contributed by atoms with E-state index in [1.165, 1.54) is 0 Å². The zero-order valence-corrected chi connectivity index (χ0v) is 20.9. The number of carbonyl (C=O) groups is 1. The molecule has 0 fully saturated rings. The van der Waals surface area contributed by atoms with E-state index < -0.39 is 12.0 Å². The van der Waals surface area contributed by atoms with E-state index in [2.05, 4.69) is 15.6 Å². The molecule has 0 saturated carbocycles. The smallest absolute Gasteiger partial charge is 0.266 e. The van der Waals surface area contributed by atoms with Gasteiger partial charge in [-0.3, -0.25) is 4.79 Å². The number of carbonyl (C=O) groups excluding carboxylic acids is 1. The van der Waals surface area contributed by atoms with Crippen LogP contribution in [0.4, 0.5) is 5.82 Å². The third-order valence-electron chi connectivity index (χ3n) is 4.96. The summed E-state index contributed by atoms with van der Waals surface area (Å²) in [5, 5.41) is 11.2. The molecule has 34 heavy (non-hydrogen) atoms. The van der Waals surface area contributed by atoms with Crippen molar-refractivity contribution in [3.63, 3.8) is 0 Å². The summed E-state index contributed by atoms with van der Waals surface area (Å²) < 4.78 is 22.4. The van der Waals surface area contributed by atoms with Gasteiger partial charge >= 0.3 is 0 Å². The molecular formula is C25H30ClN3O5. The molecule has 0 bridgehead atoms. The molecule has 0 aliphatic carbocycles. The number of hydrogen-bond donors (Lipinski definition) is 1. The third kappa shape index (κ3) is 6.20. The van der Waals surface area contributed by atoms with Crippen molar-refractivity contribution in [1.82, 2.24) is 10.3 Å². The largest absolute Gasteiger partial charge is 0.490 e. The van der Waals surface area contributed by atoms with Crippen LogP contribution >= 0.6 is 11.6 Å². The molecule has 1 N–H and O–H groups in total. The minimum atomic E-state index is -0.794. The molecule has 1 atom stereocenters. The average Bonchev–Trinajstić information content (AvgIpc) is 3.28. The number of rotatable bonds is 11. The standard InChI is InChI=1S/C25H30ClN3O5/c1-6-10-31-20-9-8-18(14-21(20)32-11-7-2)23-24(29-34-28-23)27-25(30)17(5)33-19-12-15(3)22(26)16(4)13-19/h8-9,12-14,17H,6-7,10-11H2,1-5H3,(H,27,29,30)/t17-/m0/s1. The SMILES string of the molecule is CCCOc1ccc(-c2nonc2NC(=O)[C@H](C)Oc2cc(C)c(Cl)c(C)c2)cc1OCCC. The Labute approximate surface area is 204 Å². The van der Waals surface area contributed by atoms with Gasteiger partial charge in [0.2, 0.25) is 5.82 Å². The maximum Gasteiger partial charge on any atom is 0.266 e. The molecule has 8 nitrogen and oxygen atoms in total. The Morgan fingerprint density at radius 2 is 1.68 bits per heavy atom. The van der Waals surface area contributed by atoms with E-state index in [4.69, 9.17) is 30.4 Å². The van der Waals surface area contributed by atoms with Crippen LogP contribution in [0.1, 0.15) is 44.7 Å². The maximum atomic E-state index is 12.8. The Balaban J connectivity index is 1.76. The van der Waals surface area contributed by atoms with E-state index >= 15 is 0 Å². The number of anilines is 1. The van der Waals surface area contributed by atoms with Gasteiger partial charge in [-0.15, -0.1) is 0 Å². The van der Waals surface area contributed by atoms with Crippen LogP contribution in [-0.2, 0) is 4.79 Å². The van der Waals surface area contributed by atoms with Gasteiger partial charge < -0.3 is 19.5 Å². The topological polar surface area (TPSA) is 95.7 Å². The van der Waals surface area contributed by atoms with Crippen LogP contribution in [0, 0.1) is 13.8 Å². The lowest BCUT2D eigenvalue weighted by atomic mass is 10.1. The number of hydrogen-bond acceptors (Lipinski definition) is 7. The first kappa shape index (κ1) is 25.4. The van der Waals surface area contributed by atoms with Crippen LogP contribution in [0.15, 0.2) is 35.0 Å². The quantitative estimate of drug-likeness (QED) is 0.354. The summed E-state index contributed by atoms with van der Waals surface area (Å²) in [6, 6.07) is 9.02. The van der Waals surface area contributed by atoms with Gasteiger partial charge in [-0.25, -0.2) is 4.63 Å². The van der Waals surface area contributed by atoms with Crippen LogP contribution in [0.5, 0.6) is 17.2 Å². The molecule has 182 valence electrons. The van der Waals surface area contributed by atoms with E-state index in [0.717, 1.165) is 24.0 Å². The summed E-state index contributed by atoms with van der Waals surface area (Å²) in [6.07, 6.45) is 0.945. The number of aryl methyl sites for hydroxylation is 2. The van der Waals surface area contributed by atoms with Gasteiger partial charge in [0.05, 0.1) is 13.2 Å². The van der Waals surface area contributed by atoms with Crippen molar-refractivity contribution in [3.05, 3.63) is 46.5 Å². The highest BCUT2D eigenvalue weighted by molar-refractivity contribution is 6.32. The van der Waals surface area contributed by atoms with Crippen molar-refractivity contribution in [3.8, 4) is 28.5 Å². The van der Waals surface area contributed by atoms with Crippen LogP contribution in [0.25, 0.3) is 11.3 Å². The third-order valence-corrected chi connectivity index (χ3v) is 5.56. The lowest BCUT2D eigenvalue weighted by molar-refractivity contribution is -0.122. The summed E-state index contributed by atoms with van der Waals surface area (Å²) in [4.78, 5) is 12.8. The van der Waals surface area contributed by atoms with Crippen molar-refractivity contribution in [1.29, 1.82) is 0 Å². The number of ether oxygens (including phenoxy) is 3. The molecule has 0 spiro atoms. The molecule has 0 unspecified atom stereocenters. The lowest BCUT2D eigenvalue weighted by Gasteiger charge is -2.16. The minimum absolute atomic E-state index is 0.188. The highest BCUT2D eigenvalue weighted by Gasteiger charge is 2.22. The molecular weight excluding hydrogens is 458 g/mol. The fraction of sp³-hybridized carbons (Fsp3) is 0.400. The number of benzene rings is 2. The second kappa shape index (κ2) is 11.7. The summed E-state index contributed by atoms with van der Waals surface area (Å²) in [5.41, 5.74) is 2.80. The van der Waals surface area contributed by atoms with Gasteiger partial charge in [-0.1, -0.05) is 25.4 Å². The zero-order chi connectivity index (χ0) is 24.7. The van der Waals surface area contributed by atoms with Gasteiger partial charge in [0.15, 0.2) is 23.3 Å². The fourth-order valence-corrected chi connectivity index (χ4v) is 3.33. The number of amides is 1. The molecule has 0 aliphatic heterocycles. The Morgan fingerprint density at radius 1 is 1.03 bits per heavy atom. The average molecular weight is 488 g/mol. The van der Waals surface area contributed by atoms with Crippen LogP contribution in [0.3, 0.4) is 0 Å². The van der Waals surface area contributed by atoms with Gasteiger partial charge in [-0.05, 0) is 85.4 Å².